The monoisotopic (exact) mass is 339 g/mol. The molecule has 0 saturated heterocycles. The third-order valence-electron chi connectivity index (χ3n) is 3.17. The number of ether oxygens (including phenoxy) is 2. The lowest BCUT2D eigenvalue weighted by Gasteiger charge is -2.11. The molecule has 128 valence electrons. The van der Waals surface area contributed by atoms with Crippen LogP contribution in [0.3, 0.4) is 0 Å². The van der Waals surface area contributed by atoms with Gasteiger partial charge in [0.25, 0.3) is 5.91 Å². The summed E-state index contributed by atoms with van der Waals surface area (Å²) in [5.74, 6) is 0.486. The number of carbonyl (C=O) groups excluding carboxylic acids is 1. The van der Waals surface area contributed by atoms with Gasteiger partial charge in [-0.15, -0.1) is 0 Å². The zero-order chi connectivity index (χ0) is 17.6. The van der Waals surface area contributed by atoms with Crippen LogP contribution < -0.4 is 14.8 Å². The van der Waals surface area contributed by atoms with Crippen LogP contribution in [0.5, 0.6) is 11.5 Å². The molecule has 24 heavy (non-hydrogen) atoms. The van der Waals surface area contributed by atoms with Crippen LogP contribution in [0.25, 0.3) is 0 Å². The highest BCUT2D eigenvalue weighted by atomic mass is 19.4. The van der Waals surface area contributed by atoms with Gasteiger partial charge in [0.05, 0.1) is 19.2 Å². The standard InChI is InChI=1S/C17H16F3NO3/c1-23-14-7-2-3-8-15(14)24-10-9-21-16(22)12-5-4-6-13(11-12)17(18,19)20/h2-8,11H,9-10H2,1H3,(H,21,22). The summed E-state index contributed by atoms with van der Waals surface area (Å²) >= 11 is 0. The highest BCUT2D eigenvalue weighted by molar-refractivity contribution is 5.94. The Kier molecular flexibility index (Phi) is 5.68. The number of amides is 1. The number of rotatable bonds is 6. The van der Waals surface area contributed by atoms with Crippen molar-refractivity contribution in [2.45, 2.75) is 6.18 Å². The minimum absolute atomic E-state index is 0.0536. The van der Waals surface area contributed by atoms with Crippen LogP contribution in [0.1, 0.15) is 15.9 Å². The zero-order valence-electron chi connectivity index (χ0n) is 12.9. The van der Waals surface area contributed by atoms with E-state index >= 15 is 0 Å². The number of para-hydroxylation sites is 2. The van der Waals surface area contributed by atoms with Crippen molar-refractivity contribution in [2.24, 2.45) is 0 Å². The van der Waals surface area contributed by atoms with Gasteiger partial charge in [0.2, 0.25) is 0 Å². The Bertz CT molecular complexity index is 701. The topological polar surface area (TPSA) is 47.6 Å². The summed E-state index contributed by atoms with van der Waals surface area (Å²) in [5, 5.41) is 2.51. The van der Waals surface area contributed by atoms with Gasteiger partial charge in [0.15, 0.2) is 11.5 Å². The number of methoxy groups -OCH3 is 1. The largest absolute Gasteiger partial charge is 0.493 e. The SMILES string of the molecule is COc1ccccc1OCCNC(=O)c1cccc(C(F)(F)F)c1. The van der Waals surface area contributed by atoms with Crippen molar-refractivity contribution in [1.82, 2.24) is 5.32 Å². The van der Waals surface area contributed by atoms with Crippen LogP contribution in [-0.2, 0) is 6.18 Å². The number of alkyl halides is 3. The van der Waals surface area contributed by atoms with Gasteiger partial charge in [-0.25, -0.2) is 0 Å². The first-order valence-electron chi connectivity index (χ1n) is 7.13. The fraction of sp³-hybridized carbons (Fsp3) is 0.235. The summed E-state index contributed by atoms with van der Waals surface area (Å²) in [6.07, 6.45) is -4.48. The van der Waals surface area contributed by atoms with Crippen molar-refractivity contribution >= 4 is 5.91 Å². The molecule has 1 N–H and O–H groups in total. The van der Waals surface area contributed by atoms with Crippen molar-refractivity contribution in [2.75, 3.05) is 20.3 Å². The Morgan fingerprint density at radius 2 is 1.79 bits per heavy atom. The number of carbonyl (C=O) groups is 1. The molecule has 0 aliphatic carbocycles. The van der Waals surface area contributed by atoms with E-state index in [0.717, 1.165) is 12.1 Å². The lowest BCUT2D eigenvalue weighted by Crippen LogP contribution is -2.28. The summed E-state index contributed by atoms with van der Waals surface area (Å²) < 4.78 is 48.5. The third-order valence-corrected chi connectivity index (χ3v) is 3.17. The normalized spacial score (nSPS) is 11.0. The predicted molar refractivity (Wildman–Crippen MR) is 82.3 cm³/mol. The molecule has 2 aromatic carbocycles. The molecule has 0 saturated carbocycles. The van der Waals surface area contributed by atoms with Gasteiger partial charge >= 0.3 is 6.18 Å². The molecule has 0 unspecified atom stereocenters. The molecule has 0 aliphatic rings. The molecular formula is C17H16F3NO3. The van der Waals surface area contributed by atoms with Crippen LogP contribution >= 0.6 is 0 Å². The molecule has 0 heterocycles. The maximum atomic E-state index is 12.6. The molecule has 0 spiro atoms. The van der Waals surface area contributed by atoms with E-state index in [-0.39, 0.29) is 18.7 Å². The molecule has 7 heteroatoms. The summed E-state index contributed by atoms with van der Waals surface area (Å²) in [7, 11) is 1.51. The van der Waals surface area contributed by atoms with E-state index in [1.54, 1.807) is 24.3 Å². The van der Waals surface area contributed by atoms with Crippen LogP contribution in [-0.4, -0.2) is 26.2 Å². The Morgan fingerprint density at radius 1 is 1.08 bits per heavy atom. The molecule has 0 atom stereocenters. The Labute approximate surface area is 137 Å². The first kappa shape index (κ1) is 17.7. The summed E-state index contributed by atoms with van der Waals surface area (Å²) in [6.45, 7) is 0.304. The van der Waals surface area contributed by atoms with Gasteiger partial charge in [-0.1, -0.05) is 18.2 Å². The second kappa shape index (κ2) is 7.72. The summed E-state index contributed by atoms with van der Waals surface area (Å²) in [5.41, 5.74) is -0.914. The van der Waals surface area contributed by atoms with Crippen molar-refractivity contribution < 1.29 is 27.4 Å². The molecule has 0 fully saturated rings. The highest BCUT2D eigenvalue weighted by Gasteiger charge is 2.30. The van der Waals surface area contributed by atoms with E-state index in [1.807, 2.05) is 0 Å². The molecule has 2 aromatic rings. The zero-order valence-corrected chi connectivity index (χ0v) is 12.9. The van der Waals surface area contributed by atoms with Crippen molar-refractivity contribution in [1.29, 1.82) is 0 Å². The third kappa shape index (κ3) is 4.65. The highest BCUT2D eigenvalue weighted by Crippen LogP contribution is 2.29. The fourth-order valence-electron chi connectivity index (χ4n) is 2.00. The average molecular weight is 339 g/mol. The Balaban J connectivity index is 1.88. The molecule has 2 rings (SSSR count). The van der Waals surface area contributed by atoms with Gasteiger partial charge in [-0.2, -0.15) is 13.2 Å². The van der Waals surface area contributed by atoms with Gasteiger partial charge < -0.3 is 14.8 Å². The predicted octanol–water partition coefficient (Wildman–Crippen LogP) is 3.52. The number of halogens is 3. The van der Waals surface area contributed by atoms with E-state index in [1.165, 1.54) is 19.2 Å². The van der Waals surface area contributed by atoms with Crippen LogP contribution in [0.15, 0.2) is 48.5 Å². The first-order valence-corrected chi connectivity index (χ1v) is 7.13. The second-order valence-electron chi connectivity index (χ2n) is 4.83. The number of nitrogens with one attached hydrogen (secondary N) is 1. The second-order valence-corrected chi connectivity index (χ2v) is 4.83. The van der Waals surface area contributed by atoms with E-state index in [0.29, 0.717) is 11.5 Å². The van der Waals surface area contributed by atoms with Crippen LogP contribution in [0.2, 0.25) is 0 Å². The van der Waals surface area contributed by atoms with Crippen LogP contribution in [0, 0.1) is 0 Å². The molecule has 0 aromatic heterocycles. The molecule has 0 bridgehead atoms. The first-order chi connectivity index (χ1) is 11.4. The quantitative estimate of drug-likeness (QED) is 0.819. The number of hydrogen-bond acceptors (Lipinski definition) is 3. The van der Waals surface area contributed by atoms with E-state index in [9.17, 15) is 18.0 Å². The maximum absolute atomic E-state index is 12.6. The van der Waals surface area contributed by atoms with Crippen molar-refractivity contribution in [3.05, 3.63) is 59.7 Å². The molecular weight excluding hydrogens is 323 g/mol. The molecule has 1 amide bonds. The summed E-state index contributed by atoms with van der Waals surface area (Å²) in [6, 6.07) is 11.3. The van der Waals surface area contributed by atoms with Gasteiger partial charge in [-0.05, 0) is 30.3 Å². The average Bonchev–Trinajstić information content (AvgIpc) is 2.58. The van der Waals surface area contributed by atoms with E-state index in [4.69, 9.17) is 9.47 Å². The van der Waals surface area contributed by atoms with Gasteiger partial charge in [-0.3, -0.25) is 4.79 Å². The smallest absolute Gasteiger partial charge is 0.416 e. The van der Waals surface area contributed by atoms with Gasteiger partial charge in [0, 0.05) is 5.56 Å². The summed E-state index contributed by atoms with van der Waals surface area (Å²) in [4.78, 5) is 11.9. The Morgan fingerprint density at radius 3 is 2.46 bits per heavy atom. The van der Waals surface area contributed by atoms with E-state index in [2.05, 4.69) is 5.32 Å². The molecule has 0 radical (unpaired) electrons. The lowest BCUT2D eigenvalue weighted by atomic mass is 10.1. The van der Waals surface area contributed by atoms with E-state index < -0.39 is 17.6 Å². The van der Waals surface area contributed by atoms with Gasteiger partial charge in [0.1, 0.15) is 6.61 Å². The molecule has 4 nitrogen and oxygen atoms in total. The van der Waals surface area contributed by atoms with Crippen molar-refractivity contribution in [3.63, 3.8) is 0 Å². The molecule has 0 aliphatic heterocycles. The number of hydrogen-bond donors (Lipinski definition) is 1. The minimum atomic E-state index is -4.48. The van der Waals surface area contributed by atoms with Crippen LogP contribution in [0.4, 0.5) is 13.2 Å². The lowest BCUT2D eigenvalue weighted by molar-refractivity contribution is -0.137. The Hall–Kier alpha value is -2.70. The maximum Gasteiger partial charge on any atom is 0.416 e. The number of benzene rings is 2. The minimum Gasteiger partial charge on any atom is -0.493 e. The fourth-order valence-corrected chi connectivity index (χ4v) is 2.00. The van der Waals surface area contributed by atoms with Crippen molar-refractivity contribution in [3.8, 4) is 11.5 Å².